The summed E-state index contributed by atoms with van der Waals surface area (Å²) in [6.07, 6.45) is 7.53. The molecule has 1 N–H and O–H groups in total. The summed E-state index contributed by atoms with van der Waals surface area (Å²) in [5.74, 6) is -0.223. The van der Waals surface area contributed by atoms with E-state index in [0.29, 0.717) is 21.3 Å². The number of hydrogen-bond acceptors (Lipinski definition) is 3. The van der Waals surface area contributed by atoms with Crippen LogP contribution in [0.25, 0.3) is 5.65 Å². The van der Waals surface area contributed by atoms with Crippen molar-refractivity contribution in [2.75, 3.05) is 0 Å². The Morgan fingerprint density at radius 1 is 1.21 bits per heavy atom. The van der Waals surface area contributed by atoms with Crippen LogP contribution in [0.3, 0.4) is 0 Å². The summed E-state index contributed by atoms with van der Waals surface area (Å²) in [7, 11) is 0. The predicted octanol–water partition coefficient (Wildman–Crippen LogP) is 3.85. The second-order valence-corrected chi connectivity index (χ2v) is 6.75. The van der Waals surface area contributed by atoms with Crippen LogP contribution in [0.2, 0.25) is 10.0 Å². The van der Waals surface area contributed by atoms with Crippen molar-refractivity contribution in [1.29, 1.82) is 0 Å². The first-order valence-corrected chi connectivity index (χ1v) is 8.42. The summed E-state index contributed by atoms with van der Waals surface area (Å²) in [6, 6.07) is 7.16. The Balaban J connectivity index is 1.71. The largest absolute Gasteiger partial charge is 0.342 e. The second-order valence-electron chi connectivity index (χ2n) is 5.93. The Morgan fingerprint density at radius 3 is 2.62 bits per heavy atom. The summed E-state index contributed by atoms with van der Waals surface area (Å²) in [5.41, 5.74) is 1.22. The molecule has 1 aliphatic carbocycles. The van der Waals surface area contributed by atoms with E-state index in [2.05, 4.69) is 15.4 Å². The van der Waals surface area contributed by atoms with Gasteiger partial charge in [0.05, 0.1) is 11.7 Å². The molecule has 3 aromatic rings. The van der Waals surface area contributed by atoms with Crippen LogP contribution in [0.1, 0.15) is 35.2 Å². The number of carbonyl (C=O) groups excluding carboxylic acids is 1. The van der Waals surface area contributed by atoms with Crippen LogP contribution in [-0.4, -0.2) is 20.5 Å². The lowest BCUT2D eigenvalue weighted by atomic mass is 9.71. The fourth-order valence-corrected chi connectivity index (χ4v) is 3.95. The van der Waals surface area contributed by atoms with Crippen molar-refractivity contribution in [3.8, 4) is 0 Å². The van der Waals surface area contributed by atoms with Crippen LogP contribution in [0.5, 0.6) is 0 Å². The number of nitrogens with one attached hydrogen (secondary N) is 1. The van der Waals surface area contributed by atoms with Crippen LogP contribution in [-0.2, 0) is 5.54 Å². The Labute approximate surface area is 148 Å². The lowest BCUT2D eigenvalue weighted by molar-refractivity contribution is 0.0825. The summed E-state index contributed by atoms with van der Waals surface area (Å²) in [6.45, 7) is 0. The van der Waals surface area contributed by atoms with Gasteiger partial charge in [0.25, 0.3) is 5.91 Å². The van der Waals surface area contributed by atoms with E-state index < -0.39 is 5.54 Å². The van der Waals surface area contributed by atoms with E-state index in [9.17, 15) is 4.79 Å². The molecule has 1 amide bonds. The van der Waals surface area contributed by atoms with Gasteiger partial charge in [0.15, 0.2) is 5.65 Å². The van der Waals surface area contributed by atoms with Gasteiger partial charge in [0.1, 0.15) is 5.56 Å². The Morgan fingerprint density at radius 2 is 1.96 bits per heavy atom. The topological polar surface area (TPSA) is 59.3 Å². The Kier molecular flexibility index (Phi) is 3.70. The molecule has 2 heterocycles. The van der Waals surface area contributed by atoms with E-state index in [1.807, 2.05) is 0 Å². The lowest BCUT2D eigenvalue weighted by Gasteiger charge is -2.43. The van der Waals surface area contributed by atoms with Gasteiger partial charge in [-0.25, -0.2) is 9.50 Å². The molecule has 0 unspecified atom stereocenters. The molecule has 1 saturated carbocycles. The van der Waals surface area contributed by atoms with Crippen molar-refractivity contribution >= 4 is 34.8 Å². The van der Waals surface area contributed by atoms with E-state index >= 15 is 0 Å². The summed E-state index contributed by atoms with van der Waals surface area (Å²) < 4.78 is 1.57. The average Bonchev–Trinajstić information content (AvgIpc) is 2.96. The number of amides is 1. The zero-order valence-electron chi connectivity index (χ0n) is 12.7. The van der Waals surface area contributed by atoms with Crippen molar-refractivity contribution in [3.63, 3.8) is 0 Å². The van der Waals surface area contributed by atoms with Gasteiger partial charge in [-0.1, -0.05) is 29.3 Å². The minimum Gasteiger partial charge on any atom is -0.342 e. The minimum absolute atomic E-state index is 0.223. The monoisotopic (exact) mass is 360 g/mol. The number of halogens is 2. The number of nitrogens with zero attached hydrogens (tertiary/aromatic N) is 3. The highest BCUT2D eigenvalue weighted by Gasteiger charge is 2.43. The molecule has 5 nitrogen and oxygen atoms in total. The summed E-state index contributed by atoms with van der Waals surface area (Å²) in [5, 5.41) is 8.42. The molecule has 1 aromatic carbocycles. The van der Waals surface area contributed by atoms with Gasteiger partial charge >= 0.3 is 0 Å². The van der Waals surface area contributed by atoms with Crippen LogP contribution < -0.4 is 5.32 Å². The SMILES string of the molecule is O=C(NC1(c2c(Cl)cccc2Cl)CCC1)c1cnn2cccnc12. The third-order valence-corrected chi connectivity index (χ3v) is 5.16. The third kappa shape index (κ3) is 2.36. The highest BCUT2D eigenvalue weighted by atomic mass is 35.5. The van der Waals surface area contributed by atoms with Crippen molar-refractivity contribution in [2.45, 2.75) is 24.8 Å². The molecule has 0 bridgehead atoms. The molecular weight excluding hydrogens is 347 g/mol. The molecule has 1 aliphatic rings. The molecular formula is C17H14Cl2N4O. The average molecular weight is 361 g/mol. The molecule has 7 heteroatoms. The molecule has 0 spiro atoms. The van der Waals surface area contributed by atoms with E-state index in [-0.39, 0.29) is 5.91 Å². The van der Waals surface area contributed by atoms with Gasteiger partial charge in [-0.15, -0.1) is 0 Å². The maximum Gasteiger partial charge on any atom is 0.257 e. The molecule has 24 heavy (non-hydrogen) atoms. The number of fused-ring (bicyclic) bond motifs is 1. The molecule has 0 aliphatic heterocycles. The quantitative estimate of drug-likeness (QED) is 0.771. The normalized spacial score (nSPS) is 15.9. The van der Waals surface area contributed by atoms with Crippen molar-refractivity contribution in [3.05, 3.63) is 64.0 Å². The van der Waals surface area contributed by atoms with Gasteiger partial charge in [0, 0.05) is 28.0 Å². The van der Waals surface area contributed by atoms with Gasteiger partial charge in [-0.05, 0) is 37.5 Å². The number of hydrogen-bond donors (Lipinski definition) is 1. The zero-order valence-corrected chi connectivity index (χ0v) is 14.2. The van der Waals surface area contributed by atoms with Crippen LogP contribution in [0.4, 0.5) is 0 Å². The zero-order chi connectivity index (χ0) is 16.7. The molecule has 1 fully saturated rings. The van der Waals surface area contributed by atoms with E-state index in [1.54, 1.807) is 41.2 Å². The molecule has 0 atom stereocenters. The molecule has 122 valence electrons. The lowest BCUT2D eigenvalue weighted by Crippen LogP contribution is -2.51. The van der Waals surface area contributed by atoms with E-state index in [1.165, 1.54) is 6.20 Å². The first kappa shape index (κ1) is 15.4. The summed E-state index contributed by atoms with van der Waals surface area (Å²) >= 11 is 12.7. The highest BCUT2D eigenvalue weighted by molar-refractivity contribution is 6.36. The van der Waals surface area contributed by atoms with Crippen molar-refractivity contribution < 1.29 is 4.79 Å². The van der Waals surface area contributed by atoms with Crippen LogP contribution in [0, 0.1) is 0 Å². The van der Waals surface area contributed by atoms with E-state index in [0.717, 1.165) is 24.8 Å². The molecule has 4 rings (SSSR count). The van der Waals surface area contributed by atoms with Crippen molar-refractivity contribution in [1.82, 2.24) is 19.9 Å². The molecule has 0 saturated heterocycles. The number of benzene rings is 1. The Hall–Kier alpha value is -2.11. The predicted molar refractivity (Wildman–Crippen MR) is 92.4 cm³/mol. The third-order valence-electron chi connectivity index (χ3n) is 4.53. The summed E-state index contributed by atoms with van der Waals surface area (Å²) in [4.78, 5) is 17.1. The van der Waals surface area contributed by atoms with Gasteiger partial charge in [-0.3, -0.25) is 4.79 Å². The number of carbonyl (C=O) groups is 1. The van der Waals surface area contributed by atoms with Gasteiger partial charge in [-0.2, -0.15) is 5.10 Å². The van der Waals surface area contributed by atoms with Crippen LogP contribution >= 0.6 is 23.2 Å². The molecule has 0 radical (unpaired) electrons. The van der Waals surface area contributed by atoms with Gasteiger partial charge < -0.3 is 5.32 Å². The maximum atomic E-state index is 12.8. The van der Waals surface area contributed by atoms with E-state index in [4.69, 9.17) is 23.2 Å². The molecule has 2 aromatic heterocycles. The second kappa shape index (κ2) is 5.76. The minimum atomic E-state index is -0.532. The first-order chi connectivity index (χ1) is 11.6. The maximum absolute atomic E-state index is 12.8. The smallest absolute Gasteiger partial charge is 0.257 e. The van der Waals surface area contributed by atoms with Crippen LogP contribution in [0.15, 0.2) is 42.9 Å². The fourth-order valence-electron chi connectivity index (χ4n) is 3.19. The van der Waals surface area contributed by atoms with Gasteiger partial charge in [0.2, 0.25) is 0 Å². The fraction of sp³-hybridized carbons (Fsp3) is 0.235. The first-order valence-electron chi connectivity index (χ1n) is 7.66. The number of rotatable bonds is 3. The van der Waals surface area contributed by atoms with Crippen molar-refractivity contribution in [2.24, 2.45) is 0 Å². The highest BCUT2D eigenvalue weighted by Crippen LogP contribution is 2.47. The standard InChI is InChI=1S/C17H14Cl2N4O/c18-12-4-1-5-13(19)14(12)17(6-2-7-17)22-16(24)11-10-21-23-9-3-8-20-15(11)23/h1,3-5,8-10H,2,6-7H2,(H,22,24). The number of aromatic nitrogens is 3. The Bertz CT molecular complexity index is 913.